The molecular weight excluding hydrogens is 254 g/mol. The van der Waals surface area contributed by atoms with E-state index >= 15 is 0 Å². The summed E-state index contributed by atoms with van der Waals surface area (Å²) in [7, 11) is 0. The van der Waals surface area contributed by atoms with Gasteiger partial charge in [0.05, 0.1) is 6.61 Å². The largest absolute Gasteiger partial charge is 0.493 e. The van der Waals surface area contributed by atoms with E-state index in [0.717, 1.165) is 29.2 Å². The first kappa shape index (κ1) is 11.0. The summed E-state index contributed by atoms with van der Waals surface area (Å²) in [6.07, 6.45) is 3.55. The number of hydrogen-bond acceptors (Lipinski definition) is 2. The number of rotatable bonds is 5. The summed E-state index contributed by atoms with van der Waals surface area (Å²) in [5, 5.41) is 0. The molecule has 15 heavy (non-hydrogen) atoms. The van der Waals surface area contributed by atoms with Gasteiger partial charge in [-0.3, -0.25) is 0 Å². The molecule has 0 spiro atoms. The maximum atomic E-state index is 5.73. The molecule has 2 nitrogen and oxygen atoms in total. The highest BCUT2D eigenvalue weighted by atomic mass is 79.9. The third-order valence-electron chi connectivity index (χ3n) is 2.55. The summed E-state index contributed by atoms with van der Waals surface area (Å²) in [6, 6.07) is 6.19. The van der Waals surface area contributed by atoms with E-state index in [-0.39, 0.29) is 0 Å². The smallest absolute Gasteiger partial charge is 0.120 e. The fourth-order valence-electron chi connectivity index (χ4n) is 1.51. The van der Waals surface area contributed by atoms with Gasteiger partial charge in [0.1, 0.15) is 5.75 Å². The molecule has 0 heterocycles. The number of halogens is 1. The fraction of sp³-hybridized carbons (Fsp3) is 0.500. The molecule has 0 saturated heterocycles. The van der Waals surface area contributed by atoms with Crippen molar-refractivity contribution in [2.75, 3.05) is 13.2 Å². The summed E-state index contributed by atoms with van der Waals surface area (Å²) in [4.78, 5) is 0. The SMILES string of the molecule is NCCc1cc(Br)cc(OCC2CC2)c1. The quantitative estimate of drug-likeness (QED) is 0.892. The van der Waals surface area contributed by atoms with Crippen molar-refractivity contribution in [3.8, 4) is 5.75 Å². The summed E-state index contributed by atoms with van der Waals surface area (Å²) < 4.78 is 6.80. The zero-order valence-corrected chi connectivity index (χ0v) is 10.3. The molecule has 0 radical (unpaired) electrons. The second-order valence-corrected chi connectivity index (χ2v) is 5.00. The Morgan fingerprint density at radius 2 is 2.13 bits per heavy atom. The van der Waals surface area contributed by atoms with Gasteiger partial charge in [-0.2, -0.15) is 0 Å². The molecule has 1 saturated carbocycles. The van der Waals surface area contributed by atoms with Crippen molar-refractivity contribution in [3.63, 3.8) is 0 Å². The summed E-state index contributed by atoms with van der Waals surface area (Å²) >= 11 is 3.48. The third kappa shape index (κ3) is 3.50. The van der Waals surface area contributed by atoms with E-state index in [2.05, 4.69) is 28.1 Å². The first-order valence-electron chi connectivity index (χ1n) is 5.40. The molecule has 3 heteroatoms. The predicted molar refractivity (Wildman–Crippen MR) is 65.1 cm³/mol. The molecule has 2 rings (SSSR count). The highest BCUT2D eigenvalue weighted by Gasteiger charge is 2.21. The van der Waals surface area contributed by atoms with Gasteiger partial charge in [0.25, 0.3) is 0 Å². The molecular formula is C12H16BrNO. The van der Waals surface area contributed by atoms with Gasteiger partial charge in [-0.15, -0.1) is 0 Å². The van der Waals surface area contributed by atoms with E-state index in [1.54, 1.807) is 0 Å². The molecule has 1 fully saturated rings. The lowest BCUT2D eigenvalue weighted by molar-refractivity contribution is 0.299. The zero-order valence-electron chi connectivity index (χ0n) is 8.71. The van der Waals surface area contributed by atoms with Gasteiger partial charge in [-0.25, -0.2) is 0 Å². The van der Waals surface area contributed by atoms with Crippen LogP contribution >= 0.6 is 15.9 Å². The van der Waals surface area contributed by atoms with E-state index < -0.39 is 0 Å². The maximum absolute atomic E-state index is 5.73. The minimum atomic E-state index is 0.679. The monoisotopic (exact) mass is 269 g/mol. The van der Waals surface area contributed by atoms with Crippen molar-refractivity contribution in [2.24, 2.45) is 11.7 Å². The molecule has 0 aromatic heterocycles. The molecule has 2 N–H and O–H groups in total. The molecule has 82 valence electrons. The van der Waals surface area contributed by atoms with E-state index in [0.29, 0.717) is 6.54 Å². The van der Waals surface area contributed by atoms with Gasteiger partial charge in [0, 0.05) is 4.47 Å². The van der Waals surface area contributed by atoms with Crippen molar-refractivity contribution in [1.29, 1.82) is 0 Å². The Morgan fingerprint density at radius 1 is 1.33 bits per heavy atom. The molecule has 0 aliphatic heterocycles. The molecule has 1 aliphatic carbocycles. The van der Waals surface area contributed by atoms with Crippen molar-refractivity contribution in [1.82, 2.24) is 0 Å². The van der Waals surface area contributed by atoms with Gasteiger partial charge in [0.2, 0.25) is 0 Å². The van der Waals surface area contributed by atoms with Crippen LogP contribution in [0.2, 0.25) is 0 Å². The first-order valence-corrected chi connectivity index (χ1v) is 6.19. The number of nitrogens with two attached hydrogens (primary N) is 1. The zero-order chi connectivity index (χ0) is 10.7. The van der Waals surface area contributed by atoms with Crippen LogP contribution in [-0.4, -0.2) is 13.2 Å². The summed E-state index contributed by atoms with van der Waals surface area (Å²) in [5.41, 5.74) is 6.77. The van der Waals surface area contributed by atoms with E-state index in [4.69, 9.17) is 10.5 Å². The van der Waals surface area contributed by atoms with Crippen LogP contribution in [0.5, 0.6) is 5.75 Å². The molecule has 0 amide bonds. The average molecular weight is 270 g/mol. The van der Waals surface area contributed by atoms with Crippen molar-refractivity contribution in [2.45, 2.75) is 19.3 Å². The normalized spacial score (nSPS) is 15.3. The van der Waals surface area contributed by atoms with Crippen LogP contribution in [0.15, 0.2) is 22.7 Å². The minimum absolute atomic E-state index is 0.679. The van der Waals surface area contributed by atoms with Gasteiger partial charge >= 0.3 is 0 Å². The number of ether oxygens (including phenoxy) is 1. The van der Waals surface area contributed by atoms with Crippen LogP contribution in [0.25, 0.3) is 0 Å². The maximum Gasteiger partial charge on any atom is 0.120 e. The average Bonchev–Trinajstić information content (AvgIpc) is 2.98. The Hall–Kier alpha value is -0.540. The van der Waals surface area contributed by atoms with Gasteiger partial charge < -0.3 is 10.5 Å². The Kier molecular flexibility index (Phi) is 3.65. The number of benzene rings is 1. The standard InChI is InChI=1S/C12H16BrNO/c13-11-5-10(3-4-14)6-12(7-11)15-8-9-1-2-9/h5-7,9H,1-4,8,14H2. The Bertz CT molecular complexity index is 336. The van der Waals surface area contributed by atoms with Crippen LogP contribution in [0.1, 0.15) is 18.4 Å². The lowest BCUT2D eigenvalue weighted by Crippen LogP contribution is -2.04. The van der Waals surface area contributed by atoms with Crippen molar-refractivity contribution >= 4 is 15.9 Å². The van der Waals surface area contributed by atoms with Crippen LogP contribution in [0.3, 0.4) is 0 Å². The van der Waals surface area contributed by atoms with Crippen LogP contribution in [-0.2, 0) is 6.42 Å². The lowest BCUT2D eigenvalue weighted by Gasteiger charge is -2.08. The molecule has 0 atom stereocenters. The Balaban J connectivity index is 2.00. The van der Waals surface area contributed by atoms with Crippen molar-refractivity contribution in [3.05, 3.63) is 28.2 Å². The first-order chi connectivity index (χ1) is 7.28. The second kappa shape index (κ2) is 4.99. The number of hydrogen-bond donors (Lipinski definition) is 1. The van der Waals surface area contributed by atoms with E-state index in [1.165, 1.54) is 18.4 Å². The highest BCUT2D eigenvalue weighted by molar-refractivity contribution is 9.10. The fourth-order valence-corrected chi connectivity index (χ4v) is 2.03. The van der Waals surface area contributed by atoms with Gasteiger partial charge in [-0.05, 0) is 55.5 Å². The lowest BCUT2D eigenvalue weighted by atomic mass is 10.1. The molecule has 0 bridgehead atoms. The van der Waals surface area contributed by atoms with Crippen LogP contribution < -0.4 is 10.5 Å². The topological polar surface area (TPSA) is 35.2 Å². The summed E-state index contributed by atoms with van der Waals surface area (Å²) in [5.74, 6) is 1.75. The van der Waals surface area contributed by atoms with E-state index in [9.17, 15) is 0 Å². The van der Waals surface area contributed by atoms with Gasteiger partial charge in [-0.1, -0.05) is 15.9 Å². The van der Waals surface area contributed by atoms with Crippen LogP contribution in [0, 0.1) is 5.92 Å². The highest BCUT2D eigenvalue weighted by Crippen LogP contribution is 2.30. The minimum Gasteiger partial charge on any atom is -0.493 e. The molecule has 1 aliphatic rings. The summed E-state index contributed by atoms with van der Waals surface area (Å²) in [6.45, 7) is 1.54. The Morgan fingerprint density at radius 3 is 2.80 bits per heavy atom. The van der Waals surface area contributed by atoms with E-state index in [1.807, 2.05) is 6.07 Å². The Labute approximate surface area is 98.9 Å². The molecule has 0 unspecified atom stereocenters. The second-order valence-electron chi connectivity index (χ2n) is 4.09. The van der Waals surface area contributed by atoms with Gasteiger partial charge in [0.15, 0.2) is 0 Å². The molecule has 1 aromatic carbocycles. The van der Waals surface area contributed by atoms with Crippen LogP contribution in [0.4, 0.5) is 0 Å². The predicted octanol–water partition coefficient (Wildman–Crippen LogP) is 2.74. The van der Waals surface area contributed by atoms with Crippen molar-refractivity contribution < 1.29 is 4.74 Å². The molecule has 1 aromatic rings. The third-order valence-corrected chi connectivity index (χ3v) is 3.00.